The summed E-state index contributed by atoms with van der Waals surface area (Å²) in [6, 6.07) is 0. The summed E-state index contributed by atoms with van der Waals surface area (Å²) < 4.78 is 2.35. The first-order chi connectivity index (χ1) is 6.33. The highest BCUT2D eigenvalue weighted by molar-refractivity contribution is 7.32. The van der Waals surface area contributed by atoms with Gasteiger partial charge in [-0.05, 0) is 14.1 Å². The van der Waals surface area contributed by atoms with Crippen LogP contribution >= 0.6 is 8.88 Å². The van der Waals surface area contributed by atoms with Crippen molar-refractivity contribution in [3.63, 3.8) is 0 Å². The molecule has 4 nitrogen and oxygen atoms in total. The molecule has 0 amide bonds. The third kappa shape index (κ3) is 4.89. The Morgan fingerprint density at radius 2 is 2.23 bits per heavy atom. The Morgan fingerprint density at radius 1 is 1.38 bits per heavy atom. The van der Waals surface area contributed by atoms with Crippen LogP contribution < -0.4 is 10.4 Å². The molecule has 0 bridgehead atoms. The summed E-state index contributed by atoms with van der Waals surface area (Å²) in [4.78, 5) is 2.50. The Kier molecular flexibility index (Phi) is 5.83. The fourth-order valence-corrected chi connectivity index (χ4v) is 2.06. The van der Waals surface area contributed by atoms with E-state index in [-0.39, 0.29) is 0 Å². The first-order valence-electron chi connectivity index (χ1n) is 4.89. The second-order valence-corrected chi connectivity index (χ2v) is 4.75. The van der Waals surface area contributed by atoms with Gasteiger partial charge in [-0.15, -0.1) is 0 Å². The summed E-state index contributed by atoms with van der Waals surface area (Å²) in [5.41, 5.74) is 0. The van der Waals surface area contributed by atoms with Crippen molar-refractivity contribution in [3.8, 4) is 0 Å². The van der Waals surface area contributed by atoms with Crippen LogP contribution in [0.4, 0.5) is 0 Å². The summed E-state index contributed by atoms with van der Waals surface area (Å²) in [7, 11) is 4.98. The number of nitrogens with zero attached hydrogens (tertiary/aromatic N) is 2. The highest BCUT2D eigenvalue weighted by atomic mass is 31.1. The third-order valence-electron chi connectivity index (χ3n) is 2.25. The Morgan fingerprint density at radius 3 is 3.00 bits per heavy atom. The van der Waals surface area contributed by atoms with Crippen molar-refractivity contribution in [2.75, 3.05) is 53.4 Å². The Bertz CT molecular complexity index is 131. The van der Waals surface area contributed by atoms with Crippen LogP contribution in [0.5, 0.6) is 0 Å². The summed E-state index contributed by atoms with van der Waals surface area (Å²) in [5, 5.41) is 6.62. The fraction of sp³-hybridized carbons (Fsp3) is 1.00. The molecule has 0 aromatic carbocycles. The van der Waals surface area contributed by atoms with E-state index in [4.69, 9.17) is 0 Å². The number of rotatable bonds is 3. The van der Waals surface area contributed by atoms with Gasteiger partial charge in [0.25, 0.3) is 0 Å². The SMILES string of the molecule is CNCCN1CCNPN(C)CC1. The molecule has 0 aliphatic carbocycles. The van der Waals surface area contributed by atoms with Gasteiger partial charge in [0, 0.05) is 48.2 Å². The molecule has 0 saturated carbocycles. The predicted octanol–water partition coefficient (Wildman–Crippen LogP) is -0.449. The number of nitrogens with one attached hydrogen (secondary N) is 2. The number of likely N-dealkylation sites (N-methyl/N-ethyl adjacent to an activating group) is 2. The molecule has 13 heavy (non-hydrogen) atoms. The largest absolute Gasteiger partial charge is 0.318 e. The molecule has 2 N–H and O–H groups in total. The average molecular weight is 204 g/mol. The summed E-state index contributed by atoms with van der Waals surface area (Å²) in [6.07, 6.45) is 0. The van der Waals surface area contributed by atoms with E-state index in [1.54, 1.807) is 0 Å². The van der Waals surface area contributed by atoms with E-state index >= 15 is 0 Å². The summed E-state index contributed by atoms with van der Waals surface area (Å²) in [6.45, 7) is 6.93. The molecule has 0 aromatic rings. The van der Waals surface area contributed by atoms with Crippen molar-refractivity contribution >= 4 is 8.88 Å². The van der Waals surface area contributed by atoms with E-state index in [0.717, 1.165) is 28.5 Å². The third-order valence-corrected chi connectivity index (χ3v) is 3.27. The molecule has 0 radical (unpaired) electrons. The van der Waals surface area contributed by atoms with Crippen molar-refractivity contribution in [2.24, 2.45) is 0 Å². The maximum atomic E-state index is 3.44. The van der Waals surface area contributed by atoms with Gasteiger partial charge in [-0.1, -0.05) is 0 Å². The second-order valence-electron chi connectivity index (χ2n) is 3.41. The Labute approximate surface area is 82.9 Å². The lowest BCUT2D eigenvalue weighted by atomic mass is 10.4. The van der Waals surface area contributed by atoms with E-state index in [2.05, 4.69) is 27.0 Å². The average Bonchev–Trinajstić information content (AvgIpc) is 2.11. The fourth-order valence-electron chi connectivity index (χ4n) is 1.36. The highest BCUT2D eigenvalue weighted by Crippen LogP contribution is 2.10. The van der Waals surface area contributed by atoms with Gasteiger partial charge >= 0.3 is 0 Å². The minimum absolute atomic E-state index is 0.797. The summed E-state index contributed by atoms with van der Waals surface area (Å²) >= 11 is 0. The van der Waals surface area contributed by atoms with Crippen LogP contribution in [-0.2, 0) is 0 Å². The van der Waals surface area contributed by atoms with Crippen molar-refractivity contribution < 1.29 is 0 Å². The first kappa shape index (κ1) is 11.3. The molecule has 1 aliphatic heterocycles. The molecule has 1 aliphatic rings. The van der Waals surface area contributed by atoms with Crippen LogP contribution in [0.2, 0.25) is 0 Å². The predicted molar refractivity (Wildman–Crippen MR) is 59.3 cm³/mol. The minimum Gasteiger partial charge on any atom is -0.318 e. The van der Waals surface area contributed by atoms with Crippen molar-refractivity contribution in [1.29, 1.82) is 0 Å². The van der Waals surface area contributed by atoms with E-state index in [0.29, 0.717) is 0 Å². The van der Waals surface area contributed by atoms with Gasteiger partial charge in [-0.25, -0.2) is 0 Å². The quantitative estimate of drug-likeness (QED) is 0.610. The lowest BCUT2D eigenvalue weighted by Crippen LogP contribution is -2.41. The van der Waals surface area contributed by atoms with Gasteiger partial charge in [0.15, 0.2) is 0 Å². The number of hydrogen-bond acceptors (Lipinski definition) is 4. The number of hydrogen-bond donors (Lipinski definition) is 2. The lowest BCUT2D eigenvalue weighted by molar-refractivity contribution is 0.259. The van der Waals surface area contributed by atoms with Crippen molar-refractivity contribution in [3.05, 3.63) is 0 Å². The molecule has 1 heterocycles. The standard InChI is InChI=1S/C8H21N4P/c1-9-3-5-12-6-4-10-13-11(2)7-8-12/h9-10,13H,3-8H2,1-2H3. The molecule has 1 atom stereocenters. The molecule has 0 spiro atoms. The smallest absolute Gasteiger partial charge is 0.0210 e. The maximum absolute atomic E-state index is 3.44. The maximum Gasteiger partial charge on any atom is 0.0210 e. The molecule has 5 heteroatoms. The lowest BCUT2D eigenvalue weighted by Gasteiger charge is -2.28. The van der Waals surface area contributed by atoms with Crippen LogP contribution in [0, 0.1) is 0 Å². The van der Waals surface area contributed by atoms with E-state index in [9.17, 15) is 0 Å². The Balaban J connectivity index is 2.20. The summed E-state index contributed by atoms with van der Waals surface area (Å²) in [5.74, 6) is 0. The van der Waals surface area contributed by atoms with Crippen molar-refractivity contribution in [2.45, 2.75) is 0 Å². The molecular weight excluding hydrogens is 183 g/mol. The molecule has 0 aromatic heterocycles. The molecule has 1 unspecified atom stereocenters. The molecule has 78 valence electrons. The van der Waals surface area contributed by atoms with E-state index in [1.807, 2.05) is 7.05 Å². The zero-order valence-corrected chi connectivity index (χ0v) is 9.64. The van der Waals surface area contributed by atoms with Crippen molar-refractivity contribution in [1.82, 2.24) is 20.0 Å². The van der Waals surface area contributed by atoms with Gasteiger partial charge < -0.3 is 5.32 Å². The zero-order chi connectivity index (χ0) is 9.52. The zero-order valence-electron chi connectivity index (χ0n) is 8.64. The normalized spacial score (nSPS) is 24.5. The first-order valence-corrected chi connectivity index (χ1v) is 5.84. The molecular formula is C8H21N4P. The molecule has 1 saturated heterocycles. The van der Waals surface area contributed by atoms with E-state index < -0.39 is 0 Å². The van der Waals surface area contributed by atoms with Crippen LogP contribution in [0.1, 0.15) is 0 Å². The van der Waals surface area contributed by atoms with Gasteiger partial charge in [0.1, 0.15) is 0 Å². The van der Waals surface area contributed by atoms with E-state index in [1.165, 1.54) is 19.6 Å². The highest BCUT2D eigenvalue weighted by Gasteiger charge is 2.08. The molecule has 1 rings (SSSR count). The van der Waals surface area contributed by atoms with Gasteiger partial charge in [0.2, 0.25) is 0 Å². The topological polar surface area (TPSA) is 30.5 Å². The second kappa shape index (κ2) is 6.68. The van der Waals surface area contributed by atoms with Crippen LogP contribution in [0.3, 0.4) is 0 Å². The van der Waals surface area contributed by atoms with Crippen LogP contribution in [0.25, 0.3) is 0 Å². The van der Waals surface area contributed by atoms with Gasteiger partial charge in [-0.3, -0.25) is 14.7 Å². The van der Waals surface area contributed by atoms with Crippen LogP contribution in [-0.4, -0.2) is 62.9 Å². The Hall–Kier alpha value is 0.270. The monoisotopic (exact) mass is 204 g/mol. The molecule has 1 fully saturated rings. The van der Waals surface area contributed by atoms with Crippen LogP contribution in [0.15, 0.2) is 0 Å². The van der Waals surface area contributed by atoms with Gasteiger partial charge in [0.05, 0.1) is 0 Å². The minimum atomic E-state index is 0.797. The van der Waals surface area contributed by atoms with Gasteiger partial charge in [-0.2, -0.15) is 0 Å².